The molecule has 0 saturated carbocycles. The van der Waals surface area contributed by atoms with Crippen LogP contribution in [-0.4, -0.2) is 49.5 Å². The van der Waals surface area contributed by atoms with Gasteiger partial charge in [-0.25, -0.2) is 4.39 Å². The zero-order chi connectivity index (χ0) is 21.9. The van der Waals surface area contributed by atoms with Crippen LogP contribution in [0.3, 0.4) is 0 Å². The minimum atomic E-state index is -5.00. The summed E-state index contributed by atoms with van der Waals surface area (Å²) in [6.07, 6.45) is -4.45. The second-order valence-electron chi connectivity index (χ2n) is 8.20. The summed E-state index contributed by atoms with van der Waals surface area (Å²) >= 11 is 0. The van der Waals surface area contributed by atoms with Crippen LogP contribution < -0.4 is 15.4 Å². The Labute approximate surface area is 167 Å². The smallest absolute Gasteiger partial charge is 0.418 e. The summed E-state index contributed by atoms with van der Waals surface area (Å²) < 4.78 is 60.3. The van der Waals surface area contributed by atoms with Gasteiger partial charge in [-0.3, -0.25) is 4.79 Å². The van der Waals surface area contributed by atoms with Crippen LogP contribution in [0.1, 0.15) is 38.7 Å². The maximum atomic E-state index is 13.8. The molecule has 164 valence electrons. The van der Waals surface area contributed by atoms with Gasteiger partial charge < -0.3 is 20.5 Å². The fraction of sp³-hybridized carbons (Fsp3) is 0.650. The van der Waals surface area contributed by atoms with Gasteiger partial charge in [-0.05, 0) is 49.4 Å². The number of aliphatic hydroxyl groups is 1. The van der Waals surface area contributed by atoms with Gasteiger partial charge in [0, 0.05) is 12.1 Å². The number of benzene rings is 1. The Morgan fingerprint density at radius 1 is 1.34 bits per heavy atom. The van der Waals surface area contributed by atoms with E-state index in [4.69, 9.17) is 4.74 Å². The van der Waals surface area contributed by atoms with E-state index in [0.717, 1.165) is 25.1 Å². The number of nitrogens with one attached hydrogen (secondary N) is 2. The molecule has 0 aliphatic carbocycles. The molecule has 1 aromatic rings. The van der Waals surface area contributed by atoms with E-state index < -0.39 is 47.8 Å². The molecule has 1 saturated heterocycles. The SMILES string of the molecule is COc1ccc(F)cc1C(C)(C)CC(O)(CNC(=O)C1CCCNC1)C(F)(F)F. The number of carbonyl (C=O) groups excluding carboxylic acids is 1. The van der Waals surface area contributed by atoms with Gasteiger partial charge in [0.15, 0.2) is 5.60 Å². The highest BCUT2D eigenvalue weighted by molar-refractivity contribution is 5.79. The Morgan fingerprint density at radius 3 is 2.59 bits per heavy atom. The van der Waals surface area contributed by atoms with Crippen molar-refractivity contribution in [2.24, 2.45) is 5.92 Å². The molecule has 0 spiro atoms. The third-order valence-electron chi connectivity index (χ3n) is 5.38. The van der Waals surface area contributed by atoms with Crippen LogP contribution in [-0.2, 0) is 10.2 Å². The van der Waals surface area contributed by atoms with E-state index in [9.17, 15) is 27.5 Å². The maximum Gasteiger partial charge on any atom is 0.418 e. The van der Waals surface area contributed by atoms with E-state index in [1.165, 1.54) is 27.0 Å². The standard InChI is InChI=1S/C20H28F4N2O3/c1-18(2,15-9-14(21)6-7-16(15)29-3)11-19(28,20(22,23)24)12-26-17(27)13-5-4-8-25-10-13/h6-7,9,13,25,28H,4-5,8,10-12H2,1-3H3,(H,26,27). The molecule has 1 fully saturated rings. The van der Waals surface area contributed by atoms with E-state index in [-0.39, 0.29) is 11.3 Å². The van der Waals surface area contributed by atoms with Gasteiger partial charge >= 0.3 is 6.18 Å². The van der Waals surface area contributed by atoms with Crippen LogP contribution in [0.5, 0.6) is 5.75 Å². The molecule has 3 N–H and O–H groups in total. The number of ether oxygens (including phenoxy) is 1. The zero-order valence-electron chi connectivity index (χ0n) is 16.8. The highest BCUT2D eigenvalue weighted by atomic mass is 19.4. The van der Waals surface area contributed by atoms with E-state index in [1.807, 2.05) is 0 Å². The first kappa shape index (κ1) is 23.4. The second-order valence-corrected chi connectivity index (χ2v) is 8.20. The van der Waals surface area contributed by atoms with Gasteiger partial charge in [0.2, 0.25) is 5.91 Å². The Kier molecular flexibility index (Phi) is 7.16. The predicted molar refractivity (Wildman–Crippen MR) is 100 cm³/mol. The number of carbonyl (C=O) groups is 1. The minimum Gasteiger partial charge on any atom is -0.496 e. The highest BCUT2D eigenvalue weighted by Crippen LogP contribution is 2.43. The third-order valence-corrected chi connectivity index (χ3v) is 5.38. The monoisotopic (exact) mass is 420 g/mol. The molecule has 5 nitrogen and oxygen atoms in total. The molecular weight excluding hydrogens is 392 g/mol. The van der Waals surface area contributed by atoms with Crippen molar-refractivity contribution in [3.8, 4) is 5.75 Å². The number of halogens is 4. The van der Waals surface area contributed by atoms with Crippen LogP contribution in [0.15, 0.2) is 18.2 Å². The molecule has 1 amide bonds. The van der Waals surface area contributed by atoms with Crippen LogP contribution in [0.25, 0.3) is 0 Å². The molecule has 2 atom stereocenters. The number of methoxy groups -OCH3 is 1. The highest BCUT2D eigenvalue weighted by Gasteiger charge is 2.56. The molecule has 1 aliphatic heterocycles. The lowest BCUT2D eigenvalue weighted by Gasteiger charge is -2.38. The quantitative estimate of drug-likeness (QED) is 0.594. The minimum absolute atomic E-state index is 0.200. The Hall–Kier alpha value is -1.87. The summed E-state index contributed by atoms with van der Waals surface area (Å²) in [4.78, 5) is 12.3. The maximum absolute atomic E-state index is 13.8. The van der Waals surface area contributed by atoms with Crippen molar-refractivity contribution < 1.29 is 32.2 Å². The predicted octanol–water partition coefficient (Wildman–Crippen LogP) is 2.91. The summed E-state index contributed by atoms with van der Waals surface area (Å²) in [6, 6.07) is 3.58. The first-order chi connectivity index (χ1) is 13.4. The molecule has 1 aliphatic rings. The topological polar surface area (TPSA) is 70.6 Å². The van der Waals surface area contributed by atoms with E-state index in [2.05, 4.69) is 10.6 Å². The molecule has 0 bridgehead atoms. The Balaban J connectivity index is 2.22. The lowest BCUT2D eigenvalue weighted by molar-refractivity contribution is -0.264. The molecule has 2 unspecified atom stereocenters. The summed E-state index contributed by atoms with van der Waals surface area (Å²) in [5.74, 6) is -1.36. The van der Waals surface area contributed by atoms with Crippen LogP contribution in [0, 0.1) is 11.7 Å². The summed E-state index contributed by atoms with van der Waals surface area (Å²) in [6.45, 7) is 3.11. The molecule has 2 rings (SSSR count). The number of rotatable bonds is 7. The average Bonchev–Trinajstić information content (AvgIpc) is 2.65. The summed E-state index contributed by atoms with van der Waals surface area (Å²) in [5.41, 5.74) is -4.29. The molecule has 1 aromatic carbocycles. The van der Waals surface area contributed by atoms with E-state index in [1.54, 1.807) is 0 Å². The molecule has 0 radical (unpaired) electrons. The van der Waals surface area contributed by atoms with Crippen molar-refractivity contribution in [3.05, 3.63) is 29.6 Å². The normalized spacial score (nSPS) is 20.1. The number of alkyl halides is 3. The van der Waals surface area contributed by atoms with Crippen molar-refractivity contribution in [1.82, 2.24) is 10.6 Å². The molecular formula is C20H28F4N2O3. The number of hydrogen-bond donors (Lipinski definition) is 3. The Bertz CT molecular complexity index is 718. The number of hydrogen-bond acceptors (Lipinski definition) is 4. The van der Waals surface area contributed by atoms with Gasteiger partial charge in [0.05, 0.1) is 19.6 Å². The first-order valence-corrected chi connectivity index (χ1v) is 9.51. The molecule has 1 heterocycles. The van der Waals surface area contributed by atoms with Crippen molar-refractivity contribution in [1.29, 1.82) is 0 Å². The zero-order valence-corrected chi connectivity index (χ0v) is 16.8. The fourth-order valence-corrected chi connectivity index (χ4v) is 3.75. The summed E-state index contributed by atoms with van der Waals surface area (Å²) in [5, 5.41) is 15.8. The first-order valence-electron chi connectivity index (χ1n) is 9.51. The van der Waals surface area contributed by atoms with E-state index in [0.29, 0.717) is 13.0 Å². The lowest BCUT2D eigenvalue weighted by atomic mass is 9.74. The molecule has 9 heteroatoms. The van der Waals surface area contributed by atoms with Crippen LogP contribution >= 0.6 is 0 Å². The van der Waals surface area contributed by atoms with Crippen LogP contribution in [0.2, 0.25) is 0 Å². The Morgan fingerprint density at radius 2 is 2.03 bits per heavy atom. The van der Waals surface area contributed by atoms with Crippen LogP contribution in [0.4, 0.5) is 17.6 Å². The largest absolute Gasteiger partial charge is 0.496 e. The van der Waals surface area contributed by atoms with Crippen molar-refractivity contribution >= 4 is 5.91 Å². The number of amides is 1. The molecule has 29 heavy (non-hydrogen) atoms. The average molecular weight is 420 g/mol. The van der Waals surface area contributed by atoms with Gasteiger partial charge in [0.25, 0.3) is 0 Å². The van der Waals surface area contributed by atoms with Gasteiger partial charge in [0.1, 0.15) is 11.6 Å². The lowest BCUT2D eigenvalue weighted by Crippen LogP contribution is -2.57. The fourth-order valence-electron chi connectivity index (χ4n) is 3.75. The summed E-state index contributed by atoms with van der Waals surface area (Å²) in [7, 11) is 1.33. The number of piperidine rings is 1. The van der Waals surface area contributed by atoms with E-state index >= 15 is 0 Å². The van der Waals surface area contributed by atoms with Gasteiger partial charge in [-0.2, -0.15) is 13.2 Å². The second kappa shape index (κ2) is 8.87. The molecule has 0 aromatic heterocycles. The van der Waals surface area contributed by atoms with Gasteiger partial charge in [-0.1, -0.05) is 13.8 Å². The van der Waals surface area contributed by atoms with Crippen molar-refractivity contribution in [3.63, 3.8) is 0 Å². The third kappa shape index (κ3) is 5.60. The van der Waals surface area contributed by atoms with Gasteiger partial charge in [-0.15, -0.1) is 0 Å². The van der Waals surface area contributed by atoms with Crippen molar-refractivity contribution in [2.45, 2.75) is 50.3 Å². The van der Waals surface area contributed by atoms with Crippen molar-refractivity contribution in [2.75, 3.05) is 26.7 Å².